The third kappa shape index (κ3) is 2.38. The fraction of sp³-hybridized carbons (Fsp3) is 0.417. The van der Waals surface area contributed by atoms with Gasteiger partial charge in [0.2, 0.25) is 0 Å². The number of rotatable bonds is 3. The van der Waals surface area contributed by atoms with Crippen LogP contribution >= 0.6 is 15.9 Å². The van der Waals surface area contributed by atoms with Crippen molar-refractivity contribution in [2.75, 3.05) is 5.32 Å². The van der Waals surface area contributed by atoms with Crippen LogP contribution in [0.15, 0.2) is 22.7 Å². The summed E-state index contributed by atoms with van der Waals surface area (Å²) in [7, 11) is 0. The van der Waals surface area contributed by atoms with Gasteiger partial charge in [0.1, 0.15) is 0 Å². The predicted molar refractivity (Wildman–Crippen MR) is 66.6 cm³/mol. The molecule has 0 radical (unpaired) electrons. The Balaban J connectivity index is 2.07. The van der Waals surface area contributed by atoms with Crippen LogP contribution in [0, 0.1) is 12.8 Å². The average molecular weight is 284 g/mol. The minimum Gasteiger partial charge on any atom is -0.481 e. The van der Waals surface area contributed by atoms with Crippen molar-refractivity contribution in [3.05, 3.63) is 28.2 Å². The summed E-state index contributed by atoms with van der Waals surface area (Å²) < 4.78 is 1.01. The van der Waals surface area contributed by atoms with E-state index in [1.54, 1.807) is 0 Å². The lowest BCUT2D eigenvalue weighted by Crippen LogP contribution is -2.42. The van der Waals surface area contributed by atoms with Crippen molar-refractivity contribution in [1.82, 2.24) is 0 Å². The summed E-state index contributed by atoms with van der Waals surface area (Å²) in [6.07, 6.45) is 1.71. The first-order valence-electron chi connectivity index (χ1n) is 5.33. The van der Waals surface area contributed by atoms with Gasteiger partial charge >= 0.3 is 5.97 Å². The molecule has 1 saturated carbocycles. The Hall–Kier alpha value is -1.03. The molecule has 3 nitrogen and oxygen atoms in total. The van der Waals surface area contributed by atoms with Crippen LogP contribution in [0.5, 0.6) is 0 Å². The second kappa shape index (κ2) is 4.45. The maximum atomic E-state index is 10.9. The third-order valence-electron chi connectivity index (χ3n) is 2.99. The van der Waals surface area contributed by atoms with Gasteiger partial charge in [-0.15, -0.1) is 0 Å². The van der Waals surface area contributed by atoms with Crippen molar-refractivity contribution in [3.63, 3.8) is 0 Å². The highest BCUT2D eigenvalue weighted by Gasteiger charge is 2.36. The monoisotopic (exact) mass is 283 g/mol. The van der Waals surface area contributed by atoms with E-state index >= 15 is 0 Å². The highest BCUT2D eigenvalue weighted by molar-refractivity contribution is 9.10. The molecule has 2 unspecified atom stereocenters. The van der Waals surface area contributed by atoms with Gasteiger partial charge in [-0.05, 0) is 43.5 Å². The van der Waals surface area contributed by atoms with Gasteiger partial charge in [0.25, 0.3) is 0 Å². The van der Waals surface area contributed by atoms with Crippen LogP contribution in [0.3, 0.4) is 0 Å². The van der Waals surface area contributed by atoms with Crippen LogP contribution in [-0.4, -0.2) is 17.1 Å². The molecule has 1 aliphatic carbocycles. The Morgan fingerprint density at radius 1 is 1.44 bits per heavy atom. The summed E-state index contributed by atoms with van der Waals surface area (Å²) in [4.78, 5) is 10.9. The molecule has 4 heteroatoms. The second-order valence-corrected chi connectivity index (χ2v) is 5.21. The highest BCUT2D eigenvalue weighted by Crippen LogP contribution is 2.31. The lowest BCUT2D eigenvalue weighted by atomic mass is 9.79. The summed E-state index contributed by atoms with van der Waals surface area (Å²) in [5, 5.41) is 12.2. The van der Waals surface area contributed by atoms with Crippen LogP contribution in [0.4, 0.5) is 5.69 Å². The van der Waals surface area contributed by atoms with Gasteiger partial charge in [-0.2, -0.15) is 0 Å². The topological polar surface area (TPSA) is 49.3 Å². The molecule has 1 aromatic carbocycles. The fourth-order valence-corrected chi connectivity index (χ4v) is 2.61. The molecule has 2 N–H and O–H groups in total. The zero-order chi connectivity index (χ0) is 11.7. The van der Waals surface area contributed by atoms with Crippen LogP contribution in [0.25, 0.3) is 0 Å². The number of aliphatic carboxylic acids is 1. The molecule has 16 heavy (non-hydrogen) atoms. The summed E-state index contributed by atoms with van der Waals surface area (Å²) >= 11 is 3.43. The van der Waals surface area contributed by atoms with Gasteiger partial charge in [0.05, 0.1) is 5.92 Å². The van der Waals surface area contributed by atoms with Gasteiger partial charge in [-0.25, -0.2) is 0 Å². The second-order valence-electron chi connectivity index (χ2n) is 4.29. The number of halogens is 1. The SMILES string of the molecule is Cc1cc(Br)cc(NC2CCC2C(=O)O)c1. The Labute approximate surface area is 103 Å². The number of aryl methyl sites for hydroxylation is 1. The standard InChI is InChI=1S/C12H14BrNO2/c1-7-4-8(13)6-9(5-7)14-11-3-2-10(11)12(15)16/h4-6,10-11,14H,2-3H2,1H3,(H,15,16). The van der Waals surface area contributed by atoms with Crippen molar-refractivity contribution in [3.8, 4) is 0 Å². The molecular weight excluding hydrogens is 270 g/mol. The number of hydrogen-bond acceptors (Lipinski definition) is 2. The van der Waals surface area contributed by atoms with E-state index in [0.29, 0.717) is 0 Å². The summed E-state index contributed by atoms with van der Waals surface area (Å²) in [6, 6.07) is 6.11. The van der Waals surface area contributed by atoms with Gasteiger partial charge in [-0.1, -0.05) is 15.9 Å². The van der Waals surface area contributed by atoms with Crippen molar-refractivity contribution in [2.24, 2.45) is 5.92 Å². The molecule has 86 valence electrons. The van der Waals surface area contributed by atoms with E-state index in [1.807, 2.05) is 25.1 Å². The van der Waals surface area contributed by atoms with Crippen LogP contribution in [0.1, 0.15) is 18.4 Å². The molecule has 2 rings (SSSR count). The van der Waals surface area contributed by atoms with Gasteiger partial charge in [0, 0.05) is 16.2 Å². The van der Waals surface area contributed by atoms with Crippen molar-refractivity contribution in [2.45, 2.75) is 25.8 Å². The molecule has 0 heterocycles. The van der Waals surface area contributed by atoms with Crippen molar-refractivity contribution < 1.29 is 9.90 Å². The van der Waals surface area contributed by atoms with E-state index in [-0.39, 0.29) is 12.0 Å². The minimum absolute atomic E-state index is 0.0752. The number of nitrogens with one attached hydrogen (secondary N) is 1. The maximum Gasteiger partial charge on any atom is 0.308 e. The number of benzene rings is 1. The van der Waals surface area contributed by atoms with E-state index in [9.17, 15) is 4.79 Å². The number of anilines is 1. The van der Waals surface area contributed by atoms with Crippen molar-refractivity contribution >= 4 is 27.6 Å². The van der Waals surface area contributed by atoms with E-state index < -0.39 is 5.97 Å². The molecule has 1 aromatic rings. The third-order valence-corrected chi connectivity index (χ3v) is 3.44. The summed E-state index contributed by atoms with van der Waals surface area (Å²) in [5.41, 5.74) is 2.14. The van der Waals surface area contributed by atoms with E-state index in [2.05, 4.69) is 21.2 Å². The molecule has 1 aliphatic rings. The zero-order valence-corrected chi connectivity index (χ0v) is 10.6. The van der Waals surface area contributed by atoms with E-state index in [1.165, 1.54) is 0 Å². The lowest BCUT2D eigenvalue weighted by Gasteiger charge is -2.34. The lowest BCUT2D eigenvalue weighted by molar-refractivity contribution is -0.144. The molecule has 0 aliphatic heterocycles. The summed E-state index contributed by atoms with van der Waals surface area (Å²) in [5.74, 6) is -0.935. The Morgan fingerprint density at radius 2 is 2.19 bits per heavy atom. The molecular formula is C12H14BrNO2. The summed E-state index contributed by atoms with van der Waals surface area (Å²) in [6.45, 7) is 2.02. The molecule has 0 amide bonds. The van der Waals surface area contributed by atoms with Gasteiger partial charge < -0.3 is 10.4 Å². The van der Waals surface area contributed by atoms with Gasteiger partial charge in [-0.3, -0.25) is 4.79 Å². The number of hydrogen-bond donors (Lipinski definition) is 2. The van der Waals surface area contributed by atoms with Crippen LogP contribution in [-0.2, 0) is 4.79 Å². The molecule has 0 saturated heterocycles. The molecule has 0 aromatic heterocycles. The highest BCUT2D eigenvalue weighted by atomic mass is 79.9. The Kier molecular flexibility index (Phi) is 3.19. The first-order valence-corrected chi connectivity index (χ1v) is 6.12. The van der Waals surface area contributed by atoms with Crippen LogP contribution < -0.4 is 5.32 Å². The molecule has 1 fully saturated rings. The van der Waals surface area contributed by atoms with Crippen LogP contribution in [0.2, 0.25) is 0 Å². The first kappa shape index (κ1) is 11.5. The van der Waals surface area contributed by atoms with Crippen molar-refractivity contribution in [1.29, 1.82) is 0 Å². The predicted octanol–water partition coefficient (Wildman–Crippen LogP) is 3.03. The smallest absolute Gasteiger partial charge is 0.308 e. The molecule has 0 bridgehead atoms. The van der Waals surface area contributed by atoms with E-state index in [0.717, 1.165) is 28.6 Å². The largest absolute Gasteiger partial charge is 0.481 e. The minimum atomic E-state index is -0.699. The molecule has 2 atom stereocenters. The first-order chi connectivity index (χ1) is 7.56. The molecule has 0 spiro atoms. The fourth-order valence-electron chi connectivity index (χ4n) is 2.00. The Morgan fingerprint density at radius 3 is 2.69 bits per heavy atom. The van der Waals surface area contributed by atoms with Gasteiger partial charge in [0.15, 0.2) is 0 Å². The number of carboxylic acid groups (broad SMARTS) is 1. The average Bonchev–Trinajstić information content (AvgIpc) is 2.09. The maximum absolute atomic E-state index is 10.9. The Bertz CT molecular complexity index is 399. The normalized spacial score (nSPS) is 23.6. The zero-order valence-electron chi connectivity index (χ0n) is 9.03. The quantitative estimate of drug-likeness (QED) is 0.897. The number of carbonyl (C=O) groups is 1. The number of carboxylic acids is 1. The van der Waals surface area contributed by atoms with E-state index in [4.69, 9.17) is 5.11 Å².